The van der Waals surface area contributed by atoms with Crippen LogP contribution in [0.15, 0.2) is 54.6 Å². The fourth-order valence-corrected chi connectivity index (χ4v) is 9.93. The Hall–Kier alpha value is -4.44. The molecule has 4 heterocycles. The van der Waals surface area contributed by atoms with Crippen molar-refractivity contribution in [1.29, 1.82) is 0 Å². The second kappa shape index (κ2) is 13.5. The van der Waals surface area contributed by atoms with E-state index >= 15 is 4.39 Å². The number of imide groups is 1. The van der Waals surface area contributed by atoms with Crippen LogP contribution in [0.1, 0.15) is 83.5 Å². The number of rotatable bonds is 7. The number of carbonyl (C=O) groups excluding carboxylic acids is 3. The highest BCUT2D eigenvalue weighted by Gasteiger charge is 2.42. The number of aryl methyl sites for hydroxylation is 1. The number of piperidine rings is 2. The Bertz CT molecular complexity index is 1900. The van der Waals surface area contributed by atoms with E-state index in [1.807, 2.05) is 24.3 Å². The van der Waals surface area contributed by atoms with Crippen molar-refractivity contribution in [1.82, 2.24) is 15.1 Å². The van der Waals surface area contributed by atoms with Crippen LogP contribution in [0.5, 0.6) is 5.75 Å². The number of carbonyl (C=O) groups is 3. The molecule has 2 N–H and O–H groups in total. The van der Waals surface area contributed by atoms with Crippen LogP contribution in [0.2, 0.25) is 0 Å². The molecule has 6 aliphatic rings. The van der Waals surface area contributed by atoms with Crippen LogP contribution in [-0.2, 0) is 22.6 Å². The van der Waals surface area contributed by atoms with Gasteiger partial charge in [0.25, 0.3) is 5.91 Å². The average molecular weight is 706 g/mol. The maximum atomic E-state index is 15.9. The van der Waals surface area contributed by atoms with Crippen molar-refractivity contribution in [3.05, 3.63) is 88.2 Å². The van der Waals surface area contributed by atoms with E-state index in [2.05, 4.69) is 38.2 Å². The number of hydrogen-bond donors (Lipinski definition) is 2. The summed E-state index contributed by atoms with van der Waals surface area (Å²) in [4.78, 5) is 46.0. The zero-order valence-electron chi connectivity index (χ0n) is 29.7. The maximum absolute atomic E-state index is 15.9. The second-order valence-electron chi connectivity index (χ2n) is 16.1. The zero-order valence-corrected chi connectivity index (χ0v) is 29.7. The third-order valence-corrected chi connectivity index (χ3v) is 12.9. The van der Waals surface area contributed by atoms with E-state index in [4.69, 9.17) is 0 Å². The molecule has 2 aliphatic carbocycles. The van der Waals surface area contributed by atoms with Gasteiger partial charge >= 0.3 is 0 Å². The van der Waals surface area contributed by atoms with E-state index < -0.39 is 6.04 Å². The highest BCUT2D eigenvalue weighted by molar-refractivity contribution is 6.05. The molecule has 52 heavy (non-hydrogen) atoms. The standard InChI is InChI=1S/C42H48FN5O4/c43-36-23-29(40-33(27-1-2-27)7-3-28-22-32(49)6-9-34(28)40)4-10-37(36)47-15-13-26(14-16-47)24-45-17-19-46(20-18-45)31-5-8-35-30(21-31)25-48(42(35)52)38-11-12-39(50)44-41(38)51/h4-6,8-10,21-23,26-27,33,38,40,49H,1-3,7,11-20,24-25H2,(H,44,50,51)/t33-,38-,40+/m1/s1. The Morgan fingerprint density at radius 2 is 1.58 bits per heavy atom. The lowest BCUT2D eigenvalue weighted by molar-refractivity contribution is -0.136. The SMILES string of the molecule is O=C1CC[C@@H](N2Cc3cc(N4CCN(CC5CCN(c6ccc([C@@H]7c8ccc(O)cc8CC[C@@H]7C7CC7)cc6F)CC5)CC4)ccc3C2=O)C(=O)N1. The van der Waals surface area contributed by atoms with Crippen molar-refractivity contribution in [2.45, 2.75) is 69.9 Å². The van der Waals surface area contributed by atoms with E-state index in [0.717, 1.165) is 99.9 Å². The van der Waals surface area contributed by atoms with Gasteiger partial charge in [-0.3, -0.25) is 24.6 Å². The molecule has 3 aromatic rings. The molecule has 3 aromatic carbocycles. The molecule has 0 bridgehead atoms. The normalized spacial score (nSPS) is 25.7. The van der Waals surface area contributed by atoms with Crippen LogP contribution in [0, 0.1) is 23.6 Å². The molecular weight excluding hydrogens is 657 g/mol. The lowest BCUT2D eigenvalue weighted by atomic mass is 9.70. The summed E-state index contributed by atoms with van der Waals surface area (Å²) in [6, 6.07) is 17.2. The van der Waals surface area contributed by atoms with E-state index in [0.29, 0.717) is 36.1 Å². The summed E-state index contributed by atoms with van der Waals surface area (Å²) in [5, 5.41) is 12.5. The number of benzene rings is 3. The molecule has 3 saturated heterocycles. The fraction of sp³-hybridized carbons (Fsp3) is 0.500. The van der Waals surface area contributed by atoms with Gasteiger partial charge in [0.15, 0.2) is 0 Å². The van der Waals surface area contributed by atoms with Crippen molar-refractivity contribution < 1.29 is 23.9 Å². The molecule has 0 unspecified atom stereocenters. The quantitative estimate of drug-likeness (QED) is 0.317. The Kier molecular flexibility index (Phi) is 8.68. The van der Waals surface area contributed by atoms with E-state index in [1.165, 1.54) is 24.0 Å². The van der Waals surface area contributed by atoms with Crippen LogP contribution in [0.4, 0.5) is 15.8 Å². The first-order chi connectivity index (χ1) is 25.3. The summed E-state index contributed by atoms with van der Waals surface area (Å²) in [6.45, 7) is 6.94. The van der Waals surface area contributed by atoms with Gasteiger partial charge in [0.1, 0.15) is 17.6 Å². The van der Waals surface area contributed by atoms with Crippen LogP contribution in [0.3, 0.4) is 0 Å². The molecule has 272 valence electrons. The number of hydrogen-bond acceptors (Lipinski definition) is 7. The van der Waals surface area contributed by atoms with Gasteiger partial charge < -0.3 is 19.8 Å². The second-order valence-corrected chi connectivity index (χ2v) is 16.1. The van der Waals surface area contributed by atoms with Crippen molar-refractivity contribution in [2.24, 2.45) is 17.8 Å². The minimum atomic E-state index is -0.599. The average Bonchev–Trinajstić information content (AvgIpc) is 3.95. The summed E-state index contributed by atoms with van der Waals surface area (Å²) in [7, 11) is 0. The molecule has 3 atom stereocenters. The van der Waals surface area contributed by atoms with Gasteiger partial charge in [-0.25, -0.2) is 4.39 Å². The molecule has 9 rings (SSSR count). The van der Waals surface area contributed by atoms with Gasteiger partial charge in [-0.15, -0.1) is 0 Å². The number of halogens is 1. The monoisotopic (exact) mass is 705 g/mol. The molecule has 1 saturated carbocycles. The van der Waals surface area contributed by atoms with Crippen LogP contribution in [0.25, 0.3) is 0 Å². The van der Waals surface area contributed by atoms with Crippen molar-refractivity contribution in [2.75, 3.05) is 55.6 Å². The third-order valence-electron chi connectivity index (χ3n) is 12.9. The number of phenols is 1. The van der Waals surface area contributed by atoms with E-state index in [-0.39, 0.29) is 35.9 Å². The minimum absolute atomic E-state index is 0.118. The van der Waals surface area contributed by atoms with E-state index in [9.17, 15) is 19.5 Å². The largest absolute Gasteiger partial charge is 0.508 e. The van der Waals surface area contributed by atoms with E-state index in [1.54, 1.807) is 17.0 Å². The Morgan fingerprint density at radius 3 is 2.33 bits per heavy atom. The summed E-state index contributed by atoms with van der Waals surface area (Å²) < 4.78 is 15.9. The van der Waals surface area contributed by atoms with Gasteiger partial charge in [0, 0.05) is 75.9 Å². The lowest BCUT2D eigenvalue weighted by Crippen LogP contribution is -2.52. The number of fused-ring (bicyclic) bond motifs is 2. The van der Waals surface area contributed by atoms with Crippen molar-refractivity contribution in [3.8, 4) is 5.75 Å². The van der Waals surface area contributed by atoms with Gasteiger partial charge in [-0.1, -0.05) is 12.1 Å². The number of aromatic hydroxyl groups is 1. The van der Waals surface area contributed by atoms with Crippen molar-refractivity contribution in [3.63, 3.8) is 0 Å². The zero-order chi connectivity index (χ0) is 35.5. The van der Waals surface area contributed by atoms with Crippen LogP contribution in [-0.4, -0.2) is 84.5 Å². The smallest absolute Gasteiger partial charge is 0.255 e. The molecule has 10 heteroatoms. The first kappa shape index (κ1) is 33.4. The lowest BCUT2D eigenvalue weighted by Gasteiger charge is -2.40. The number of nitrogens with one attached hydrogen (secondary N) is 1. The van der Waals surface area contributed by atoms with Crippen molar-refractivity contribution >= 4 is 29.1 Å². The predicted molar refractivity (Wildman–Crippen MR) is 197 cm³/mol. The molecule has 4 aliphatic heterocycles. The third kappa shape index (κ3) is 6.33. The number of piperazine rings is 1. The number of nitrogens with zero attached hydrogens (tertiary/aromatic N) is 4. The summed E-state index contributed by atoms with van der Waals surface area (Å²) in [5.41, 5.74) is 6.95. The summed E-state index contributed by atoms with van der Waals surface area (Å²) in [5.74, 6) is 1.44. The highest BCUT2D eigenvalue weighted by Crippen LogP contribution is 2.52. The Morgan fingerprint density at radius 1 is 0.769 bits per heavy atom. The van der Waals surface area contributed by atoms with Crippen LogP contribution < -0.4 is 15.1 Å². The topological polar surface area (TPSA) is 96.4 Å². The predicted octanol–water partition coefficient (Wildman–Crippen LogP) is 5.44. The Labute approximate surface area is 304 Å². The molecule has 0 aromatic heterocycles. The number of phenolic OH excluding ortho intramolecular Hbond substituents is 1. The molecule has 3 amide bonds. The first-order valence-electron chi connectivity index (χ1n) is 19.4. The molecule has 0 spiro atoms. The minimum Gasteiger partial charge on any atom is -0.508 e. The molecule has 0 radical (unpaired) electrons. The fourth-order valence-electron chi connectivity index (χ4n) is 9.93. The van der Waals surface area contributed by atoms with Gasteiger partial charge in [-0.2, -0.15) is 0 Å². The number of amides is 3. The number of anilines is 2. The highest BCUT2D eigenvalue weighted by atomic mass is 19.1. The summed E-state index contributed by atoms with van der Waals surface area (Å²) >= 11 is 0. The molecule has 9 nitrogen and oxygen atoms in total. The van der Waals surface area contributed by atoms with Gasteiger partial charge in [-0.05, 0) is 127 Å². The Balaban J connectivity index is 0.779. The van der Waals surface area contributed by atoms with Gasteiger partial charge in [0.2, 0.25) is 11.8 Å². The van der Waals surface area contributed by atoms with Gasteiger partial charge in [0.05, 0.1) is 5.69 Å². The molecular formula is C42H48FN5O4. The summed E-state index contributed by atoms with van der Waals surface area (Å²) in [6.07, 6.45) is 7.34. The maximum Gasteiger partial charge on any atom is 0.255 e. The molecule has 4 fully saturated rings. The van der Waals surface area contributed by atoms with Crippen LogP contribution >= 0.6 is 0 Å². The first-order valence-corrected chi connectivity index (χ1v) is 19.4.